The van der Waals surface area contributed by atoms with Crippen LogP contribution in [-0.2, 0) is 9.59 Å². The molecule has 1 saturated heterocycles. The van der Waals surface area contributed by atoms with E-state index in [0.29, 0.717) is 29.5 Å². The summed E-state index contributed by atoms with van der Waals surface area (Å²) in [4.78, 5) is 31.6. The molecule has 4 aromatic rings. The minimum atomic E-state index is -0.422. The Morgan fingerprint density at radius 3 is 2.61 bits per heavy atom. The van der Waals surface area contributed by atoms with E-state index in [2.05, 4.69) is 15.5 Å². The second-order valence-electron chi connectivity index (χ2n) is 8.10. The Morgan fingerprint density at radius 2 is 1.79 bits per heavy atom. The molecule has 33 heavy (non-hydrogen) atoms. The van der Waals surface area contributed by atoms with Crippen LogP contribution < -0.4 is 10.2 Å². The summed E-state index contributed by atoms with van der Waals surface area (Å²) in [5.41, 5.74) is 4.06. The van der Waals surface area contributed by atoms with Gasteiger partial charge in [0.1, 0.15) is 0 Å². The second kappa shape index (κ2) is 8.70. The predicted molar refractivity (Wildman–Crippen MR) is 125 cm³/mol. The van der Waals surface area contributed by atoms with E-state index in [9.17, 15) is 9.59 Å². The molecule has 0 saturated carbocycles. The third kappa shape index (κ3) is 4.39. The smallest absolute Gasteiger partial charge is 0.258 e. The summed E-state index contributed by atoms with van der Waals surface area (Å²) >= 11 is 0. The molecular weight excluding hydrogens is 416 g/mol. The highest BCUT2D eigenvalue weighted by molar-refractivity contribution is 6.03. The largest absolute Gasteiger partial charge is 0.334 e. The van der Waals surface area contributed by atoms with Crippen LogP contribution >= 0.6 is 0 Å². The van der Waals surface area contributed by atoms with Gasteiger partial charge < -0.3 is 14.7 Å². The number of carbonyl (C=O) groups is 2. The fraction of sp³-hybridized carbons (Fsp3) is 0.154. The van der Waals surface area contributed by atoms with E-state index in [1.165, 1.54) is 0 Å². The zero-order valence-corrected chi connectivity index (χ0v) is 18.1. The van der Waals surface area contributed by atoms with Crippen molar-refractivity contribution in [1.29, 1.82) is 0 Å². The molecule has 0 unspecified atom stereocenters. The van der Waals surface area contributed by atoms with Gasteiger partial charge in [0, 0.05) is 35.5 Å². The molecule has 7 nitrogen and oxygen atoms in total. The summed E-state index contributed by atoms with van der Waals surface area (Å²) < 4.78 is 5.43. The number of rotatable bonds is 5. The number of hydrogen-bond donors (Lipinski definition) is 1. The highest BCUT2D eigenvalue weighted by atomic mass is 16.5. The molecule has 0 spiro atoms. The Kier molecular flexibility index (Phi) is 5.44. The monoisotopic (exact) mass is 438 g/mol. The number of hydrogen-bond acceptors (Lipinski definition) is 5. The van der Waals surface area contributed by atoms with Crippen LogP contribution in [0.25, 0.3) is 22.8 Å². The van der Waals surface area contributed by atoms with Gasteiger partial charge in [-0.3, -0.25) is 9.59 Å². The lowest BCUT2D eigenvalue weighted by Crippen LogP contribution is -2.28. The van der Waals surface area contributed by atoms with Gasteiger partial charge in [0.05, 0.1) is 5.92 Å². The Bertz CT molecular complexity index is 1320. The summed E-state index contributed by atoms with van der Waals surface area (Å²) in [7, 11) is 0. The normalized spacial score (nSPS) is 15.6. The van der Waals surface area contributed by atoms with Crippen molar-refractivity contribution in [3.63, 3.8) is 0 Å². The highest BCUT2D eigenvalue weighted by Crippen LogP contribution is 2.28. The van der Waals surface area contributed by atoms with E-state index < -0.39 is 5.92 Å². The lowest BCUT2D eigenvalue weighted by molar-refractivity contribution is -0.122. The van der Waals surface area contributed by atoms with Gasteiger partial charge in [-0.2, -0.15) is 4.98 Å². The molecule has 164 valence electrons. The fourth-order valence-corrected chi connectivity index (χ4v) is 3.95. The van der Waals surface area contributed by atoms with Crippen molar-refractivity contribution in [2.75, 3.05) is 16.8 Å². The van der Waals surface area contributed by atoms with Gasteiger partial charge in [-0.05, 0) is 42.8 Å². The average molecular weight is 438 g/mol. The first kappa shape index (κ1) is 20.6. The minimum absolute atomic E-state index is 0.0474. The number of nitrogens with zero attached hydrogens (tertiary/aromatic N) is 3. The van der Waals surface area contributed by atoms with Gasteiger partial charge in [-0.1, -0.05) is 53.7 Å². The molecule has 1 aliphatic rings. The molecule has 5 rings (SSSR count). The van der Waals surface area contributed by atoms with E-state index >= 15 is 0 Å². The van der Waals surface area contributed by atoms with Crippen molar-refractivity contribution >= 4 is 23.2 Å². The Labute approximate surface area is 191 Å². The van der Waals surface area contributed by atoms with Crippen LogP contribution in [0.3, 0.4) is 0 Å². The first-order valence-electron chi connectivity index (χ1n) is 10.7. The van der Waals surface area contributed by atoms with Crippen LogP contribution in [-0.4, -0.2) is 28.5 Å². The standard InChI is InChI=1S/C26H22N4O3/c1-17-7-5-12-22(13-17)30-16-20(15-23(30)31)25(32)27-21-11-6-10-19(14-21)26-28-24(29-33-26)18-8-3-2-4-9-18/h2-14,20H,15-16H2,1H3,(H,27,32)/t20-/m0/s1. The van der Waals surface area contributed by atoms with Gasteiger partial charge in [0.25, 0.3) is 5.89 Å². The lowest BCUT2D eigenvalue weighted by Gasteiger charge is -2.17. The molecule has 0 bridgehead atoms. The predicted octanol–water partition coefficient (Wildman–Crippen LogP) is 4.70. The summed E-state index contributed by atoms with van der Waals surface area (Å²) in [6.07, 6.45) is 0.184. The van der Waals surface area contributed by atoms with E-state index in [1.54, 1.807) is 17.0 Å². The van der Waals surface area contributed by atoms with Crippen molar-refractivity contribution in [3.8, 4) is 22.8 Å². The number of aromatic nitrogens is 2. The van der Waals surface area contributed by atoms with E-state index in [4.69, 9.17) is 4.52 Å². The van der Waals surface area contributed by atoms with Gasteiger partial charge in [-0.25, -0.2) is 0 Å². The highest BCUT2D eigenvalue weighted by Gasteiger charge is 2.35. The first-order chi connectivity index (χ1) is 16.1. The van der Waals surface area contributed by atoms with Gasteiger partial charge in [-0.15, -0.1) is 0 Å². The Morgan fingerprint density at radius 1 is 1.00 bits per heavy atom. The van der Waals surface area contributed by atoms with Crippen LogP contribution in [0, 0.1) is 12.8 Å². The maximum Gasteiger partial charge on any atom is 0.258 e. The molecule has 1 N–H and O–H groups in total. The maximum absolute atomic E-state index is 12.9. The number of aryl methyl sites for hydroxylation is 1. The summed E-state index contributed by atoms with van der Waals surface area (Å²) in [5, 5.41) is 6.98. The molecule has 1 atom stereocenters. The van der Waals surface area contributed by atoms with Crippen molar-refractivity contribution in [2.45, 2.75) is 13.3 Å². The van der Waals surface area contributed by atoms with Crippen LogP contribution in [0.2, 0.25) is 0 Å². The number of nitrogens with one attached hydrogen (secondary N) is 1. The topological polar surface area (TPSA) is 88.3 Å². The zero-order chi connectivity index (χ0) is 22.8. The van der Waals surface area contributed by atoms with E-state index in [1.807, 2.05) is 73.7 Å². The average Bonchev–Trinajstić information content (AvgIpc) is 3.47. The van der Waals surface area contributed by atoms with Crippen molar-refractivity contribution in [2.24, 2.45) is 5.92 Å². The number of benzene rings is 3. The number of amides is 2. The molecule has 3 aromatic carbocycles. The fourth-order valence-electron chi connectivity index (χ4n) is 3.95. The Balaban J connectivity index is 1.29. The molecule has 0 radical (unpaired) electrons. The van der Waals surface area contributed by atoms with Crippen molar-refractivity contribution in [3.05, 3.63) is 84.4 Å². The number of anilines is 2. The van der Waals surface area contributed by atoms with Gasteiger partial charge in [0.2, 0.25) is 17.6 Å². The van der Waals surface area contributed by atoms with Crippen molar-refractivity contribution in [1.82, 2.24) is 10.1 Å². The minimum Gasteiger partial charge on any atom is -0.334 e. The SMILES string of the molecule is Cc1cccc(N2C[C@@H](C(=O)Nc3cccc(-c4nc(-c5ccccc5)no4)c3)CC2=O)c1. The molecule has 1 aliphatic heterocycles. The molecule has 2 heterocycles. The summed E-state index contributed by atoms with van der Waals surface area (Å²) in [6.45, 7) is 2.34. The van der Waals surface area contributed by atoms with Crippen LogP contribution in [0.1, 0.15) is 12.0 Å². The summed E-state index contributed by atoms with van der Waals surface area (Å²) in [6, 6.07) is 24.6. The molecule has 2 amide bonds. The molecule has 7 heteroatoms. The second-order valence-corrected chi connectivity index (χ2v) is 8.10. The number of carbonyl (C=O) groups excluding carboxylic acids is 2. The molecule has 0 aliphatic carbocycles. The van der Waals surface area contributed by atoms with Crippen LogP contribution in [0.15, 0.2) is 83.4 Å². The quantitative estimate of drug-likeness (QED) is 0.488. The van der Waals surface area contributed by atoms with E-state index in [0.717, 1.165) is 16.8 Å². The van der Waals surface area contributed by atoms with Crippen molar-refractivity contribution < 1.29 is 14.1 Å². The zero-order valence-electron chi connectivity index (χ0n) is 18.1. The first-order valence-corrected chi connectivity index (χ1v) is 10.7. The van der Waals surface area contributed by atoms with Crippen LogP contribution in [0.5, 0.6) is 0 Å². The third-order valence-corrected chi connectivity index (χ3v) is 5.64. The van der Waals surface area contributed by atoms with Gasteiger partial charge >= 0.3 is 0 Å². The van der Waals surface area contributed by atoms with Gasteiger partial charge in [0.15, 0.2) is 0 Å². The lowest BCUT2D eigenvalue weighted by atomic mass is 10.1. The molecule has 1 fully saturated rings. The van der Waals surface area contributed by atoms with E-state index in [-0.39, 0.29) is 18.2 Å². The molecule has 1 aromatic heterocycles. The third-order valence-electron chi connectivity index (χ3n) is 5.64. The van der Waals surface area contributed by atoms with Crippen LogP contribution in [0.4, 0.5) is 11.4 Å². The maximum atomic E-state index is 12.9. The Hall–Kier alpha value is -4.26. The molecular formula is C26H22N4O3. The summed E-state index contributed by atoms with van der Waals surface area (Å²) in [5.74, 6) is 0.210.